The van der Waals surface area contributed by atoms with E-state index in [1.54, 1.807) is 6.08 Å². The van der Waals surface area contributed by atoms with Crippen LogP contribution in [-0.2, 0) is 16.1 Å². The van der Waals surface area contributed by atoms with Crippen molar-refractivity contribution in [1.82, 2.24) is 0 Å². The van der Waals surface area contributed by atoms with Crippen LogP contribution in [0.3, 0.4) is 0 Å². The molecule has 2 N–H and O–H groups in total. The molecule has 0 unspecified atom stereocenters. The molecule has 1 aromatic rings. The first-order valence-corrected chi connectivity index (χ1v) is 7.80. The summed E-state index contributed by atoms with van der Waals surface area (Å²) in [4.78, 5) is 19.9. The average molecular weight is 497 g/mol. The molecule has 1 aromatic carbocycles. The maximum Gasteiger partial charge on any atom is 0.376 e. The van der Waals surface area contributed by atoms with Crippen LogP contribution in [0.4, 0.5) is 0 Å². The lowest BCUT2D eigenvalue weighted by molar-refractivity contribution is -0.136. The van der Waals surface area contributed by atoms with Gasteiger partial charge in [0.2, 0.25) is 5.84 Å². The molecule has 0 saturated heterocycles. The number of benzene rings is 1. The molecule has 0 spiro atoms. The first-order chi connectivity index (χ1) is 9.52. The quantitative estimate of drug-likeness (QED) is 0.229. The molecule has 0 aliphatic heterocycles. The molecule has 0 aromatic heterocycles. The van der Waals surface area contributed by atoms with Crippen LogP contribution in [0.5, 0.6) is 0 Å². The van der Waals surface area contributed by atoms with Crippen molar-refractivity contribution in [3.63, 3.8) is 0 Å². The Morgan fingerprint density at radius 2 is 1.95 bits per heavy atom. The maximum absolute atomic E-state index is 12.0. The number of nitrogens with zero attached hydrogens (tertiary/aromatic N) is 2. The van der Waals surface area contributed by atoms with E-state index in [1.807, 2.05) is 82.4 Å². The van der Waals surface area contributed by atoms with Gasteiger partial charge in [-0.25, -0.2) is 9.79 Å². The lowest BCUT2D eigenvalue weighted by atomic mass is 10.2. The van der Waals surface area contributed by atoms with Gasteiger partial charge in [-0.05, 0) is 57.7 Å². The van der Waals surface area contributed by atoms with Crippen molar-refractivity contribution in [2.45, 2.75) is 13.5 Å². The zero-order valence-electron chi connectivity index (χ0n) is 10.7. The highest BCUT2D eigenvalue weighted by Gasteiger charge is 2.13. The molecule has 0 heterocycles. The van der Waals surface area contributed by atoms with Gasteiger partial charge in [0.15, 0.2) is 3.84 Å². The van der Waals surface area contributed by atoms with Gasteiger partial charge in [-0.2, -0.15) is 4.99 Å². The van der Waals surface area contributed by atoms with Crippen molar-refractivity contribution in [3.8, 4) is 0 Å². The molecule has 20 heavy (non-hydrogen) atoms. The van der Waals surface area contributed by atoms with Gasteiger partial charge in [0, 0.05) is 0 Å². The minimum Gasteiger partial charge on any atom is -0.455 e. The van der Waals surface area contributed by atoms with E-state index in [9.17, 15) is 4.79 Å². The molecular weight excluding hydrogens is 484 g/mol. The van der Waals surface area contributed by atoms with E-state index >= 15 is 0 Å². The van der Waals surface area contributed by atoms with E-state index < -0.39 is 5.97 Å². The predicted molar refractivity (Wildman–Crippen MR) is 97.1 cm³/mol. The third-order valence-electron chi connectivity index (χ3n) is 2.06. The summed E-state index contributed by atoms with van der Waals surface area (Å²) < 4.78 is 6.03. The van der Waals surface area contributed by atoms with E-state index in [1.165, 1.54) is 0 Å². The number of nitrogens with two attached hydrogens (primary N) is 1. The van der Waals surface area contributed by atoms with Crippen LogP contribution >= 0.6 is 45.2 Å². The third kappa shape index (κ3) is 6.46. The Hall–Kier alpha value is -0.970. The number of carbonyl (C=O) groups excluding carboxylic acids is 1. The van der Waals surface area contributed by atoms with Gasteiger partial charge in [-0.3, -0.25) is 0 Å². The Morgan fingerprint density at radius 1 is 1.30 bits per heavy atom. The zero-order chi connectivity index (χ0) is 15.0. The minimum atomic E-state index is -0.607. The number of carbonyl (C=O) groups is 1. The highest BCUT2D eigenvalue weighted by atomic mass is 127. The van der Waals surface area contributed by atoms with E-state index in [-0.39, 0.29) is 16.3 Å². The molecule has 106 valence electrons. The van der Waals surface area contributed by atoms with E-state index in [0.717, 1.165) is 5.56 Å². The van der Waals surface area contributed by atoms with Crippen LogP contribution < -0.4 is 5.73 Å². The second-order valence-electron chi connectivity index (χ2n) is 3.54. The number of ether oxygens (including phenoxy) is 1. The molecule has 0 radical (unpaired) electrons. The Balaban J connectivity index is 2.79. The Labute approximate surface area is 144 Å². The van der Waals surface area contributed by atoms with Gasteiger partial charge in [-0.15, -0.1) is 0 Å². The number of hydrogen-bond donors (Lipinski definition) is 1. The van der Waals surface area contributed by atoms with E-state index in [2.05, 4.69) is 9.98 Å². The molecule has 7 heteroatoms. The first-order valence-electron chi connectivity index (χ1n) is 5.64. The summed E-state index contributed by atoms with van der Waals surface area (Å²) in [7, 11) is 0. The lowest BCUT2D eigenvalue weighted by Gasteiger charge is -2.04. The summed E-state index contributed by atoms with van der Waals surface area (Å²) in [5.41, 5.74) is 6.38. The number of hydrogen-bond acceptors (Lipinski definition) is 3. The fourth-order valence-electron chi connectivity index (χ4n) is 1.17. The molecule has 0 bridgehead atoms. The van der Waals surface area contributed by atoms with Crippen LogP contribution in [-0.4, -0.2) is 15.6 Å². The van der Waals surface area contributed by atoms with Crippen LogP contribution in [0.2, 0.25) is 0 Å². The molecule has 0 aliphatic rings. The molecule has 5 nitrogen and oxygen atoms in total. The Bertz CT molecular complexity index is 550. The van der Waals surface area contributed by atoms with Crippen LogP contribution in [0, 0.1) is 0 Å². The molecule has 1 rings (SSSR count). The van der Waals surface area contributed by atoms with E-state index in [0.29, 0.717) is 3.70 Å². The summed E-state index contributed by atoms with van der Waals surface area (Å²) in [5, 5.41) is 0. The SMILES string of the molecule is C\C=C(I)/N=C(\N=C(/N)I)C(=O)OCc1ccccc1. The van der Waals surface area contributed by atoms with Crippen LogP contribution in [0.1, 0.15) is 12.5 Å². The second-order valence-corrected chi connectivity index (χ2v) is 5.75. The number of amidine groups is 2. The summed E-state index contributed by atoms with van der Waals surface area (Å²) in [6.07, 6.45) is 1.75. The van der Waals surface area contributed by atoms with E-state index in [4.69, 9.17) is 10.5 Å². The van der Waals surface area contributed by atoms with Gasteiger partial charge in [-0.1, -0.05) is 36.4 Å². The van der Waals surface area contributed by atoms with Crippen LogP contribution in [0.25, 0.3) is 0 Å². The highest BCUT2D eigenvalue weighted by molar-refractivity contribution is 14.1. The summed E-state index contributed by atoms with van der Waals surface area (Å²) >= 11 is 3.80. The number of esters is 1. The zero-order valence-corrected chi connectivity index (χ0v) is 15.0. The summed E-state index contributed by atoms with van der Waals surface area (Å²) in [6.45, 7) is 1.98. The van der Waals surface area contributed by atoms with Gasteiger partial charge in [0.25, 0.3) is 0 Å². The maximum atomic E-state index is 12.0. The third-order valence-corrected chi connectivity index (χ3v) is 3.16. The Morgan fingerprint density at radius 3 is 2.50 bits per heavy atom. The van der Waals surface area contributed by atoms with Crippen molar-refractivity contribution < 1.29 is 9.53 Å². The fraction of sp³-hybridized carbons (Fsp3) is 0.154. The smallest absolute Gasteiger partial charge is 0.376 e. The first kappa shape index (κ1) is 17.1. The molecule has 0 fully saturated rings. The second kappa shape index (κ2) is 9.06. The highest BCUT2D eigenvalue weighted by Crippen LogP contribution is 2.09. The molecule has 0 aliphatic carbocycles. The number of aliphatic imine (C=N–C) groups is 2. The number of halogens is 2. The predicted octanol–water partition coefficient (Wildman–Crippen LogP) is 3.17. The van der Waals surface area contributed by atoms with Crippen molar-refractivity contribution in [3.05, 3.63) is 45.7 Å². The topological polar surface area (TPSA) is 77.0 Å². The Kier molecular flexibility index (Phi) is 7.73. The summed E-state index contributed by atoms with van der Waals surface area (Å²) in [6, 6.07) is 9.39. The van der Waals surface area contributed by atoms with Gasteiger partial charge in [0.05, 0.1) is 3.70 Å². The van der Waals surface area contributed by atoms with Crippen LogP contribution in [0.15, 0.2) is 50.1 Å². The molecule has 0 atom stereocenters. The minimum absolute atomic E-state index is 0.0599. The monoisotopic (exact) mass is 497 g/mol. The van der Waals surface area contributed by atoms with Crippen molar-refractivity contribution in [2.24, 2.45) is 15.7 Å². The van der Waals surface area contributed by atoms with Gasteiger partial charge >= 0.3 is 5.97 Å². The molecule has 0 amide bonds. The molecular formula is C13H13I2N3O2. The van der Waals surface area contributed by atoms with Crippen molar-refractivity contribution in [2.75, 3.05) is 0 Å². The van der Waals surface area contributed by atoms with Gasteiger partial charge < -0.3 is 10.5 Å². The van der Waals surface area contributed by atoms with Crippen molar-refractivity contribution in [1.29, 1.82) is 0 Å². The lowest BCUT2D eigenvalue weighted by Crippen LogP contribution is -2.18. The normalized spacial score (nSPS) is 13.2. The standard InChI is InChI=1S/C13H13I2N3O2/c1-2-10(14)17-11(18-13(15)16)12(19)20-8-9-6-4-3-5-7-9/h2-7H,8H2,1H3,(H2,16,17,18)/b10-2-. The number of rotatable bonds is 3. The van der Waals surface area contributed by atoms with Gasteiger partial charge in [0.1, 0.15) is 6.61 Å². The molecule has 0 saturated carbocycles. The largest absolute Gasteiger partial charge is 0.455 e. The summed E-state index contributed by atoms with van der Waals surface area (Å²) in [5.74, 6) is -0.667. The van der Waals surface area contributed by atoms with Crippen molar-refractivity contribution >= 4 is 60.8 Å². The fourth-order valence-corrected chi connectivity index (χ4v) is 1.63. The number of allylic oxidation sites excluding steroid dienone is 1. The average Bonchev–Trinajstić information content (AvgIpc) is 2.44.